The van der Waals surface area contributed by atoms with Crippen molar-refractivity contribution in [2.75, 3.05) is 13.1 Å². The molecule has 0 aliphatic carbocycles. The van der Waals surface area contributed by atoms with Crippen molar-refractivity contribution in [1.29, 1.82) is 0 Å². The van der Waals surface area contributed by atoms with Crippen LogP contribution in [0.5, 0.6) is 0 Å². The van der Waals surface area contributed by atoms with Gasteiger partial charge in [-0.25, -0.2) is 4.39 Å². The number of benzene rings is 2. The molecule has 3 aromatic rings. The predicted molar refractivity (Wildman–Crippen MR) is 107 cm³/mol. The van der Waals surface area contributed by atoms with Crippen LogP contribution < -0.4 is 0 Å². The average molecular weight is 393 g/mol. The zero-order chi connectivity index (χ0) is 20.2. The van der Waals surface area contributed by atoms with Crippen LogP contribution in [-0.2, 0) is 11.2 Å². The van der Waals surface area contributed by atoms with E-state index in [9.17, 15) is 9.18 Å². The van der Waals surface area contributed by atoms with Gasteiger partial charge in [0.05, 0.1) is 0 Å². The molecule has 1 unspecified atom stereocenters. The molecule has 6 nitrogen and oxygen atoms in total. The number of hydrogen-bond donors (Lipinski definition) is 0. The second-order valence-corrected chi connectivity index (χ2v) is 7.58. The Labute approximate surface area is 169 Å². The predicted octanol–water partition coefficient (Wildman–Crippen LogP) is 3.52. The van der Waals surface area contributed by atoms with Crippen LogP contribution in [0, 0.1) is 11.7 Å². The van der Waals surface area contributed by atoms with Crippen LogP contribution in [0.25, 0.3) is 11.4 Å². The van der Waals surface area contributed by atoms with Gasteiger partial charge in [-0.15, -0.1) is 10.2 Å². The van der Waals surface area contributed by atoms with Gasteiger partial charge in [-0.3, -0.25) is 4.79 Å². The molecule has 1 aromatic heterocycles. The number of likely N-dealkylation sites (tertiary alicyclic amines) is 1. The molecule has 2 aromatic carbocycles. The Morgan fingerprint density at radius 2 is 1.90 bits per heavy atom. The van der Waals surface area contributed by atoms with Gasteiger partial charge in [0.2, 0.25) is 11.7 Å². The van der Waals surface area contributed by atoms with E-state index in [2.05, 4.69) is 39.7 Å². The third-order valence-corrected chi connectivity index (χ3v) is 5.51. The molecular formula is C22H24FN5O. The first-order valence-electron chi connectivity index (χ1n) is 9.98. The number of carbonyl (C=O) groups is 1. The minimum Gasteiger partial charge on any atom is -0.341 e. The number of carbonyl (C=O) groups excluding carboxylic acids is 1. The van der Waals surface area contributed by atoms with Crippen LogP contribution in [0.4, 0.5) is 4.39 Å². The van der Waals surface area contributed by atoms with Crippen molar-refractivity contribution >= 4 is 5.91 Å². The van der Waals surface area contributed by atoms with Crippen molar-refractivity contribution in [2.45, 2.75) is 32.2 Å². The largest absolute Gasteiger partial charge is 0.341 e. The van der Waals surface area contributed by atoms with Gasteiger partial charge in [0.1, 0.15) is 11.9 Å². The van der Waals surface area contributed by atoms with Gasteiger partial charge in [0, 0.05) is 18.7 Å². The summed E-state index contributed by atoms with van der Waals surface area (Å²) >= 11 is 0. The summed E-state index contributed by atoms with van der Waals surface area (Å²) in [6.07, 6.45) is 3.04. The first-order valence-corrected chi connectivity index (χ1v) is 9.98. The standard InChI is InChI=1S/C22H24FN5O/c1-16(28-25-21(24-26-28)19-8-5-9-20(23)15-19)22(29)27-12-10-18(11-13-27)14-17-6-3-2-4-7-17/h2-9,15-16,18H,10-14H2,1H3. The zero-order valence-electron chi connectivity index (χ0n) is 16.4. The van der Waals surface area contributed by atoms with Crippen molar-refractivity contribution in [1.82, 2.24) is 25.1 Å². The molecule has 0 radical (unpaired) electrons. The third kappa shape index (κ3) is 4.50. The first kappa shape index (κ1) is 19.2. The monoisotopic (exact) mass is 393 g/mol. The number of hydrogen-bond acceptors (Lipinski definition) is 4. The molecule has 29 heavy (non-hydrogen) atoms. The Kier molecular flexibility index (Phi) is 5.64. The second-order valence-electron chi connectivity index (χ2n) is 7.58. The molecule has 0 bridgehead atoms. The molecule has 4 rings (SSSR count). The summed E-state index contributed by atoms with van der Waals surface area (Å²) < 4.78 is 13.4. The molecule has 0 N–H and O–H groups in total. The van der Waals surface area contributed by atoms with E-state index >= 15 is 0 Å². The number of piperidine rings is 1. The maximum atomic E-state index is 13.4. The van der Waals surface area contributed by atoms with Gasteiger partial charge in [-0.1, -0.05) is 42.5 Å². The van der Waals surface area contributed by atoms with E-state index < -0.39 is 6.04 Å². The highest BCUT2D eigenvalue weighted by molar-refractivity contribution is 5.80. The highest BCUT2D eigenvalue weighted by atomic mass is 19.1. The fourth-order valence-electron chi connectivity index (χ4n) is 3.80. The van der Waals surface area contributed by atoms with Crippen LogP contribution in [0.1, 0.15) is 31.4 Å². The second kappa shape index (κ2) is 8.51. The van der Waals surface area contributed by atoms with Crippen LogP contribution in [0.3, 0.4) is 0 Å². The molecule has 1 aliphatic heterocycles. The topological polar surface area (TPSA) is 63.9 Å². The number of nitrogens with zero attached hydrogens (tertiary/aromatic N) is 5. The Morgan fingerprint density at radius 3 is 2.62 bits per heavy atom. The molecule has 2 heterocycles. The smallest absolute Gasteiger partial charge is 0.249 e. The van der Waals surface area contributed by atoms with Crippen molar-refractivity contribution in [3.63, 3.8) is 0 Å². The molecule has 150 valence electrons. The van der Waals surface area contributed by atoms with E-state index in [1.54, 1.807) is 19.1 Å². The molecule has 1 atom stereocenters. The number of aromatic nitrogens is 4. The van der Waals surface area contributed by atoms with Crippen LogP contribution in [0.2, 0.25) is 0 Å². The average Bonchev–Trinajstić information content (AvgIpc) is 3.24. The molecule has 1 saturated heterocycles. The molecule has 1 fully saturated rings. The lowest BCUT2D eigenvalue weighted by molar-refractivity contribution is -0.136. The van der Waals surface area contributed by atoms with Gasteiger partial charge >= 0.3 is 0 Å². The normalized spacial score (nSPS) is 16.0. The fraction of sp³-hybridized carbons (Fsp3) is 0.364. The number of halogens is 1. The fourth-order valence-corrected chi connectivity index (χ4v) is 3.80. The van der Waals surface area contributed by atoms with Crippen LogP contribution in [0.15, 0.2) is 54.6 Å². The van der Waals surface area contributed by atoms with Gasteiger partial charge in [0.25, 0.3) is 0 Å². The number of rotatable bonds is 5. The van der Waals surface area contributed by atoms with Crippen molar-refractivity contribution in [3.8, 4) is 11.4 Å². The quantitative estimate of drug-likeness (QED) is 0.665. The van der Waals surface area contributed by atoms with E-state index in [4.69, 9.17) is 0 Å². The number of amides is 1. The molecule has 0 saturated carbocycles. The summed E-state index contributed by atoms with van der Waals surface area (Å²) in [5.41, 5.74) is 1.89. The Balaban J connectivity index is 1.35. The molecular weight excluding hydrogens is 369 g/mol. The summed E-state index contributed by atoms with van der Waals surface area (Å²) in [7, 11) is 0. The summed E-state index contributed by atoms with van der Waals surface area (Å²) in [6, 6.07) is 16.0. The molecule has 1 aliphatic rings. The van der Waals surface area contributed by atoms with Gasteiger partial charge in [-0.2, -0.15) is 4.80 Å². The summed E-state index contributed by atoms with van der Waals surface area (Å²) in [5, 5.41) is 12.3. The zero-order valence-corrected chi connectivity index (χ0v) is 16.4. The van der Waals surface area contributed by atoms with Crippen LogP contribution in [-0.4, -0.2) is 44.1 Å². The number of tetrazole rings is 1. The van der Waals surface area contributed by atoms with E-state index in [1.165, 1.54) is 22.5 Å². The Bertz CT molecular complexity index is 966. The first-order chi connectivity index (χ1) is 14.1. The van der Waals surface area contributed by atoms with Crippen molar-refractivity contribution in [3.05, 3.63) is 66.0 Å². The highest BCUT2D eigenvalue weighted by Crippen LogP contribution is 2.23. The van der Waals surface area contributed by atoms with Gasteiger partial charge in [0.15, 0.2) is 0 Å². The van der Waals surface area contributed by atoms with Crippen LogP contribution >= 0.6 is 0 Å². The maximum absolute atomic E-state index is 13.4. The van der Waals surface area contributed by atoms with Crippen molar-refractivity contribution in [2.24, 2.45) is 5.92 Å². The summed E-state index contributed by atoms with van der Waals surface area (Å²) in [5.74, 6) is 0.541. The third-order valence-electron chi connectivity index (χ3n) is 5.51. The lowest BCUT2D eigenvalue weighted by Gasteiger charge is -2.33. The molecule has 0 spiro atoms. The summed E-state index contributed by atoms with van der Waals surface area (Å²) in [4.78, 5) is 16.1. The van der Waals surface area contributed by atoms with E-state index in [0.717, 1.165) is 32.4 Å². The van der Waals surface area contributed by atoms with E-state index in [-0.39, 0.29) is 11.7 Å². The van der Waals surface area contributed by atoms with E-state index in [1.807, 2.05) is 11.0 Å². The van der Waals surface area contributed by atoms with Crippen molar-refractivity contribution < 1.29 is 9.18 Å². The SMILES string of the molecule is CC(C(=O)N1CCC(Cc2ccccc2)CC1)n1nnc(-c2cccc(F)c2)n1. The minimum absolute atomic E-state index is 0.00801. The molecule has 7 heteroatoms. The van der Waals surface area contributed by atoms with Gasteiger partial charge in [-0.05, 0) is 55.0 Å². The lowest BCUT2D eigenvalue weighted by atomic mass is 9.90. The molecule has 1 amide bonds. The lowest BCUT2D eigenvalue weighted by Crippen LogP contribution is -2.42. The highest BCUT2D eigenvalue weighted by Gasteiger charge is 2.28. The Morgan fingerprint density at radius 1 is 1.14 bits per heavy atom. The Hall–Kier alpha value is -3.09. The minimum atomic E-state index is -0.546. The van der Waals surface area contributed by atoms with Gasteiger partial charge < -0.3 is 4.90 Å². The summed E-state index contributed by atoms with van der Waals surface area (Å²) in [6.45, 7) is 3.26. The van der Waals surface area contributed by atoms with E-state index in [0.29, 0.717) is 17.3 Å². The maximum Gasteiger partial charge on any atom is 0.249 e.